The molecule has 0 spiro atoms. The van der Waals surface area contributed by atoms with E-state index in [1.165, 1.54) is 36.8 Å². The topological polar surface area (TPSA) is 154 Å². The lowest BCUT2D eigenvalue weighted by molar-refractivity contribution is -0.139. The molecule has 1 N–H and O–H groups in total. The molecule has 1 aromatic heterocycles. The van der Waals surface area contributed by atoms with Gasteiger partial charge in [-0.05, 0) is 55.3 Å². The standard InChI is InChI=1S/C34H28FN3O7S.C2H4O2/c1-5-44-33(42)27-18(2)36-34-38(29(27)21-12-15-25(45-19(3)39)26(16-21)43-4)32(41)30(46-34)28-23-8-6-7-9-24(23)37(31(28)40)17-20-10-13-22(35)14-11-20;1-2(3)4/h6-16,29H,5,17H2,1-4H3;1H3,(H,3,4)/b30-28-;. The van der Waals surface area contributed by atoms with Crippen LogP contribution in [0.15, 0.2) is 87.8 Å². The lowest BCUT2D eigenvalue weighted by Crippen LogP contribution is -2.41. The monoisotopic (exact) mass is 701 g/mol. The smallest absolute Gasteiger partial charge is 0.338 e. The number of carbonyl (C=O) groups is 4. The van der Waals surface area contributed by atoms with Gasteiger partial charge in [0.25, 0.3) is 17.4 Å². The number of amides is 1. The number of carbonyl (C=O) groups excluding carboxylic acids is 3. The number of aromatic nitrogens is 1. The molecule has 4 aromatic rings. The number of nitrogens with zero attached hydrogens (tertiary/aromatic N) is 3. The third-order valence-electron chi connectivity index (χ3n) is 7.65. The summed E-state index contributed by atoms with van der Waals surface area (Å²) in [5, 5.41) is 7.42. The fraction of sp³-hybridized carbons (Fsp3) is 0.222. The van der Waals surface area contributed by atoms with E-state index in [1.54, 1.807) is 67.3 Å². The number of thiazole rings is 1. The number of aliphatic carboxylic acids is 1. The summed E-state index contributed by atoms with van der Waals surface area (Å²) in [5.41, 5.74) is 2.56. The molecular weight excluding hydrogens is 669 g/mol. The number of esters is 2. The zero-order valence-corrected chi connectivity index (χ0v) is 28.5. The molecule has 0 radical (unpaired) electrons. The van der Waals surface area contributed by atoms with Crippen LogP contribution in [0.25, 0.3) is 5.57 Å². The molecule has 3 heterocycles. The van der Waals surface area contributed by atoms with Gasteiger partial charge in [-0.3, -0.25) is 23.7 Å². The third-order valence-corrected chi connectivity index (χ3v) is 8.71. The Balaban J connectivity index is 0.00000115. The molecule has 6 rings (SSSR count). The van der Waals surface area contributed by atoms with Gasteiger partial charge in [-0.2, -0.15) is 0 Å². The van der Waals surface area contributed by atoms with Crippen LogP contribution in [0, 0.1) is 5.82 Å². The Morgan fingerprint density at radius 1 is 1.00 bits per heavy atom. The SMILES string of the molecule is CC(=O)O.CCOC(=O)C1=C(C)N=c2s/c(=C3\C(=O)N(Cc4ccc(F)cc4)c4ccccc43)c(=O)n2C1c1ccc(OC(C)=O)c(OC)c1. The first-order valence-electron chi connectivity index (χ1n) is 15.3. The average Bonchev–Trinajstić information content (AvgIpc) is 3.52. The van der Waals surface area contributed by atoms with Gasteiger partial charge in [0.2, 0.25) is 0 Å². The van der Waals surface area contributed by atoms with Crippen molar-refractivity contribution in [1.29, 1.82) is 0 Å². The van der Waals surface area contributed by atoms with Gasteiger partial charge in [-0.15, -0.1) is 0 Å². The highest BCUT2D eigenvalue weighted by atomic mass is 32.1. The second-order valence-corrected chi connectivity index (χ2v) is 12.0. The number of ether oxygens (including phenoxy) is 3. The zero-order chi connectivity index (χ0) is 36.3. The van der Waals surface area contributed by atoms with E-state index in [-0.39, 0.29) is 56.9 Å². The number of para-hydroxylation sites is 1. The second kappa shape index (κ2) is 14.7. The quantitative estimate of drug-likeness (QED) is 0.223. The molecule has 1 atom stereocenters. The summed E-state index contributed by atoms with van der Waals surface area (Å²) in [7, 11) is 1.41. The lowest BCUT2D eigenvalue weighted by atomic mass is 9.95. The maximum atomic E-state index is 14.4. The van der Waals surface area contributed by atoms with E-state index in [0.717, 1.165) is 18.3 Å². The highest BCUT2D eigenvalue weighted by molar-refractivity contribution is 7.07. The maximum Gasteiger partial charge on any atom is 0.338 e. The molecule has 2 aliphatic rings. The van der Waals surface area contributed by atoms with Crippen LogP contribution < -0.4 is 29.3 Å². The molecule has 0 saturated carbocycles. The Bertz CT molecular complexity index is 2240. The molecule has 0 fully saturated rings. The van der Waals surface area contributed by atoms with Crippen molar-refractivity contribution in [3.05, 3.63) is 120 Å². The number of methoxy groups -OCH3 is 1. The van der Waals surface area contributed by atoms with E-state index in [1.807, 2.05) is 0 Å². The number of carboxylic acid groups (broad SMARTS) is 1. The van der Waals surface area contributed by atoms with E-state index >= 15 is 0 Å². The van der Waals surface area contributed by atoms with Gasteiger partial charge in [0.1, 0.15) is 10.3 Å². The summed E-state index contributed by atoms with van der Waals surface area (Å²) in [5.74, 6) is -2.42. The highest BCUT2D eigenvalue weighted by Gasteiger charge is 2.37. The van der Waals surface area contributed by atoms with Crippen molar-refractivity contribution in [3.63, 3.8) is 0 Å². The second-order valence-electron chi connectivity index (χ2n) is 11.1. The first kappa shape index (κ1) is 35.4. The first-order valence-corrected chi connectivity index (χ1v) is 16.1. The molecule has 0 aliphatic carbocycles. The van der Waals surface area contributed by atoms with Crippen LogP contribution in [0.3, 0.4) is 0 Å². The van der Waals surface area contributed by atoms with Crippen LogP contribution in [0.5, 0.6) is 11.5 Å². The largest absolute Gasteiger partial charge is 0.493 e. The zero-order valence-electron chi connectivity index (χ0n) is 27.7. The fourth-order valence-corrected chi connectivity index (χ4v) is 6.82. The Labute approximate surface area is 289 Å². The molecule has 3 aromatic carbocycles. The predicted molar refractivity (Wildman–Crippen MR) is 181 cm³/mol. The van der Waals surface area contributed by atoms with Crippen LogP contribution in [0.1, 0.15) is 50.4 Å². The Morgan fingerprint density at radius 3 is 2.32 bits per heavy atom. The number of carboxylic acids is 1. The highest BCUT2D eigenvalue weighted by Crippen LogP contribution is 2.38. The minimum absolute atomic E-state index is 0.0980. The van der Waals surface area contributed by atoms with Gasteiger partial charge >= 0.3 is 11.9 Å². The van der Waals surface area contributed by atoms with Crippen molar-refractivity contribution in [2.45, 2.75) is 40.3 Å². The lowest BCUT2D eigenvalue weighted by Gasteiger charge is -2.25. The summed E-state index contributed by atoms with van der Waals surface area (Å²) < 4.78 is 31.2. The van der Waals surface area contributed by atoms with Crippen LogP contribution in [0.4, 0.5) is 10.1 Å². The summed E-state index contributed by atoms with van der Waals surface area (Å²) in [6, 6.07) is 16.8. The summed E-state index contributed by atoms with van der Waals surface area (Å²) in [6.07, 6.45) is 0. The minimum atomic E-state index is -0.994. The Hall–Kier alpha value is -5.89. The predicted octanol–water partition coefficient (Wildman–Crippen LogP) is 3.88. The van der Waals surface area contributed by atoms with Crippen molar-refractivity contribution in [3.8, 4) is 11.5 Å². The molecule has 50 heavy (non-hydrogen) atoms. The van der Waals surface area contributed by atoms with Crippen molar-refractivity contribution < 1.29 is 42.9 Å². The minimum Gasteiger partial charge on any atom is -0.493 e. The van der Waals surface area contributed by atoms with E-state index in [4.69, 9.17) is 24.1 Å². The Morgan fingerprint density at radius 2 is 1.68 bits per heavy atom. The third kappa shape index (κ3) is 6.96. The van der Waals surface area contributed by atoms with Gasteiger partial charge in [0, 0.05) is 19.4 Å². The summed E-state index contributed by atoms with van der Waals surface area (Å²) >= 11 is 1.05. The number of allylic oxidation sites excluding steroid dienone is 1. The van der Waals surface area contributed by atoms with E-state index in [0.29, 0.717) is 28.1 Å². The van der Waals surface area contributed by atoms with E-state index in [2.05, 4.69) is 4.99 Å². The number of benzene rings is 3. The Kier molecular flexibility index (Phi) is 10.4. The van der Waals surface area contributed by atoms with E-state index < -0.39 is 29.5 Å². The summed E-state index contributed by atoms with van der Waals surface area (Å²) in [4.78, 5) is 69.0. The molecule has 258 valence electrons. The molecule has 12 nitrogen and oxygen atoms in total. The number of rotatable bonds is 7. The molecule has 0 bridgehead atoms. The number of fused-ring (bicyclic) bond motifs is 2. The number of anilines is 1. The normalized spacial score (nSPS) is 15.7. The molecule has 14 heteroatoms. The van der Waals surface area contributed by atoms with Crippen LogP contribution >= 0.6 is 11.3 Å². The van der Waals surface area contributed by atoms with Crippen molar-refractivity contribution in [1.82, 2.24) is 4.57 Å². The van der Waals surface area contributed by atoms with Crippen LogP contribution in [-0.2, 0) is 30.5 Å². The van der Waals surface area contributed by atoms with Gasteiger partial charge in [0.05, 0.1) is 48.8 Å². The van der Waals surface area contributed by atoms with Crippen LogP contribution in [-0.4, -0.2) is 47.2 Å². The molecular formula is C36H32FN3O9S. The number of hydrogen-bond acceptors (Lipinski definition) is 10. The van der Waals surface area contributed by atoms with Gasteiger partial charge in [-0.25, -0.2) is 14.2 Å². The summed E-state index contributed by atoms with van der Waals surface area (Å²) in [6.45, 7) is 5.95. The van der Waals surface area contributed by atoms with E-state index in [9.17, 15) is 23.6 Å². The van der Waals surface area contributed by atoms with Gasteiger partial charge in [-0.1, -0.05) is 47.7 Å². The average molecular weight is 702 g/mol. The van der Waals surface area contributed by atoms with Crippen molar-refractivity contribution in [2.24, 2.45) is 4.99 Å². The molecule has 2 aliphatic heterocycles. The van der Waals surface area contributed by atoms with Crippen LogP contribution in [0.2, 0.25) is 0 Å². The number of halogens is 1. The molecule has 1 unspecified atom stereocenters. The maximum absolute atomic E-state index is 14.4. The molecule has 0 saturated heterocycles. The van der Waals surface area contributed by atoms with Gasteiger partial charge in [0.15, 0.2) is 16.3 Å². The first-order chi connectivity index (χ1) is 23.9. The number of hydrogen-bond donors (Lipinski definition) is 1. The fourth-order valence-electron chi connectivity index (χ4n) is 5.68. The van der Waals surface area contributed by atoms with Crippen molar-refractivity contribution in [2.75, 3.05) is 18.6 Å². The van der Waals surface area contributed by atoms with Crippen molar-refractivity contribution >= 4 is 46.4 Å². The molecule has 1 amide bonds. The van der Waals surface area contributed by atoms with Gasteiger partial charge < -0.3 is 24.2 Å².